The maximum absolute atomic E-state index is 10.8. The van der Waals surface area contributed by atoms with Gasteiger partial charge >= 0.3 is 5.97 Å². The molecule has 1 saturated carbocycles. The standard InChI is InChI=1S/C12H24N2O5S/c1-20(18,19)14-8-2-7-13-9-12(17)5-3-10(4-6-12)11(15)16/h10,13-14,17H,2-9H2,1H3,(H,15,16). The number of carbonyl (C=O) groups is 1. The van der Waals surface area contributed by atoms with Crippen molar-refractivity contribution in [1.82, 2.24) is 10.0 Å². The Morgan fingerprint density at radius 1 is 1.30 bits per heavy atom. The molecule has 20 heavy (non-hydrogen) atoms. The summed E-state index contributed by atoms with van der Waals surface area (Å²) in [7, 11) is -3.14. The lowest BCUT2D eigenvalue weighted by molar-refractivity contribution is -0.144. The van der Waals surface area contributed by atoms with Crippen molar-refractivity contribution >= 4 is 16.0 Å². The van der Waals surface area contributed by atoms with Crippen LogP contribution in [0, 0.1) is 5.92 Å². The van der Waals surface area contributed by atoms with Gasteiger partial charge < -0.3 is 15.5 Å². The average Bonchev–Trinajstić information content (AvgIpc) is 2.33. The lowest BCUT2D eigenvalue weighted by Crippen LogP contribution is -2.45. The highest BCUT2D eigenvalue weighted by atomic mass is 32.2. The zero-order valence-corrected chi connectivity index (χ0v) is 12.6. The van der Waals surface area contributed by atoms with Crippen molar-refractivity contribution in [1.29, 1.82) is 0 Å². The highest BCUT2D eigenvalue weighted by molar-refractivity contribution is 7.88. The Bertz CT molecular complexity index is 416. The van der Waals surface area contributed by atoms with E-state index >= 15 is 0 Å². The van der Waals surface area contributed by atoms with Crippen LogP contribution in [-0.2, 0) is 14.8 Å². The molecule has 0 saturated heterocycles. The summed E-state index contributed by atoms with van der Waals surface area (Å²) in [6, 6.07) is 0. The van der Waals surface area contributed by atoms with E-state index in [9.17, 15) is 18.3 Å². The van der Waals surface area contributed by atoms with E-state index in [0.29, 0.717) is 51.7 Å². The second-order valence-electron chi connectivity index (χ2n) is 5.53. The van der Waals surface area contributed by atoms with Crippen LogP contribution in [0.2, 0.25) is 0 Å². The fraction of sp³-hybridized carbons (Fsp3) is 0.917. The summed E-state index contributed by atoms with van der Waals surface area (Å²) < 4.78 is 24.0. The molecule has 8 heteroatoms. The van der Waals surface area contributed by atoms with Gasteiger partial charge in [0.15, 0.2) is 0 Å². The van der Waals surface area contributed by atoms with Gasteiger partial charge in [-0.15, -0.1) is 0 Å². The van der Waals surface area contributed by atoms with Gasteiger partial charge in [0.05, 0.1) is 17.8 Å². The van der Waals surface area contributed by atoms with Crippen LogP contribution in [-0.4, -0.2) is 56.1 Å². The molecule has 0 aromatic carbocycles. The van der Waals surface area contributed by atoms with E-state index in [0.717, 1.165) is 6.26 Å². The van der Waals surface area contributed by atoms with Crippen LogP contribution in [0.15, 0.2) is 0 Å². The number of sulfonamides is 1. The number of aliphatic carboxylic acids is 1. The van der Waals surface area contributed by atoms with Crippen LogP contribution in [0.4, 0.5) is 0 Å². The lowest BCUT2D eigenvalue weighted by atomic mass is 9.79. The molecular formula is C12H24N2O5S. The molecule has 1 fully saturated rings. The van der Waals surface area contributed by atoms with Gasteiger partial charge in [0.25, 0.3) is 0 Å². The molecule has 0 heterocycles. The van der Waals surface area contributed by atoms with Crippen LogP contribution < -0.4 is 10.0 Å². The predicted octanol–water partition coefficient (Wildman–Crippen LogP) is -0.479. The molecule has 0 spiro atoms. The molecule has 0 radical (unpaired) electrons. The van der Waals surface area contributed by atoms with E-state index in [-0.39, 0.29) is 5.92 Å². The van der Waals surface area contributed by atoms with Gasteiger partial charge in [0.1, 0.15) is 0 Å². The van der Waals surface area contributed by atoms with Crippen LogP contribution in [0.25, 0.3) is 0 Å². The van der Waals surface area contributed by atoms with Crippen molar-refractivity contribution in [2.45, 2.75) is 37.7 Å². The Morgan fingerprint density at radius 3 is 2.40 bits per heavy atom. The Hall–Kier alpha value is -0.700. The molecule has 0 bridgehead atoms. The van der Waals surface area contributed by atoms with Crippen molar-refractivity contribution in [3.05, 3.63) is 0 Å². The Labute approximate surface area is 119 Å². The first-order valence-electron chi connectivity index (χ1n) is 6.82. The minimum Gasteiger partial charge on any atom is -0.481 e. The van der Waals surface area contributed by atoms with Crippen molar-refractivity contribution in [2.24, 2.45) is 5.92 Å². The number of carboxylic acids is 1. The summed E-state index contributed by atoms with van der Waals surface area (Å²) in [5, 5.41) is 22.3. The zero-order valence-electron chi connectivity index (χ0n) is 11.8. The second-order valence-corrected chi connectivity index (χ2v) is 7.37. The zero-order chi connectivity index (χ0) is 15.2. The van der Waals surface area contributed by atoms with E-state index in [1.165, 1.54) is 0 Å². The molecule has 7 nitrogen and oxygen atoms in total. The molecule has 1 rings (SSSR count). The molecule has 4 N–H and O–H groups in total. The fourth-order valence-electron chi connectivity index (χ4n) is 2.37. The van der Waals surface area contributed by atoms with Crippen LogP contribution in [0.5, 0.6) is 0 Å². The summed E-state index contributed by atoms with van der Waals surface area (Å²) in [4.78, 5) is 10.8. The number of carboxylic acid groups (broad SMARTS) is 1. The van der Waals surface area contributed by atoms with Crippen LogP contribution in [0.3, 0.4) is 0 Å². The number of hydrogen-bond acceptors (Lipinski definition) is 5. The minimum absolute atomic E-state index is 0.339. The van der Waals surface area contributed by atoms with Gasteiger partial charge in [0, 0.05) is 13.1 Å². The van der Waals surface area contributed by atoms with Crippen LogP contribution in [0.1, 0.15) is 32.1 Å². The predicted molar refractivity (Wildman–Crippen MR) is 74.9 cm³/mol. The number of hydrogen-bond donors (Lipinski definition) is 4. The molecule has 0 aromatic heterocycles. The molecule has 0 aliphatic heterocycles. The molecule has 1 aliphatic rings. The summed E-state index contributed by atoms with van der Waals surface area (Å²) in [5.41, 5.74) is -0.837. The molecule has 0 aromatic rings. The van der Waals surface area contributed by atoms with Crippen molar-refractivity contribution in [3.8, 4) is 0 Å². The third-order valence-corrected chi connectivity index (χ3v) is 4.34. The Balaban J connectivity index is 2.14. The van der Waals surface area contributed by atoms with Crippen molar-refractivity contribution in [3.63, 3.8) is 0 Å². The summed E-state index contributed by atoms with van der Waals surface area (Å²) in [6.45, 7) is 1.39. The van der Waals surface area contributed by atoms with Gasteiger partial charge in [0.2, 0.25) is 10.0 Å². The van der Waals surface area contributed by atoms with Crippen molar-refractivity contribution in [2.75, 3.05) is 25.9 Å². The maximum Gasteiger partial charge on any atom is 0.306 e. The second kappa shape index (κ2) is 7.35. The molecule has 1 aliphatic carbocycles. The van der Waals surface area contributed by atoms with E-state index in [1.807, 2.05) is 0 Å². The smallest absolute Gasteiger partial charge is 0.306 e. The largest absolute Gasteiger partial charge is 0.481 e. The quantitative estimate of drug-likeness (QED) is 0.450. The molecule has 0 amide bonds. The fourth-order valence-corrected chi connectivity index (χ4v) is 2.89. The molecule has 118 valence electrons. The summed E-state index contributed by atoms with van der Waals surface area (Å²) in [5.74, 6) is -1.12. The summed E-state index contributed by atoms with van der Waals surface area (Å²) >= 11 is 0. The maximum atomic E-state index is 10.8. The normalized spacial score (nSPS) is 27.4. The van der Waals surface area contributed by atoms with Crippen molar-refractivity contribution < 1.29 is 23.4 Å². The number of aliphatic hydroxyl groups is 1. The van der Waals surface area contributed by atoms with Gasteiger partial charge in [-0.05, 0) is 38.6 Å². The summed E-state index contributed by atoms with van der Waals surface area (Å²) in [6.07, 6.45) is 3.73. The Morgan fingerprint density at radius 2 is 1.90 bits per heavy atom. The number of rotatable bonds is 8. The molecule has 0 atom stereocenters. The van der Waals surface area contributed by atoms with Gasteiger partial charge in [-0.3, -0.25) is 4.79 Å². The van der Waals surface area contributed by atoms with E-state index in [1.54, 1.807) is 0 Å². The third kappa shape index (κ3) is 6.65. The first kappa shape index (κ1) is 17.4. The SMILES string of the molecule is CS(=O)(=O)NCCCNCC1(O)CCC(C(=O)O)CC1. The van der Waals surface area contributed by atoms with Gasteiger partial charge in [-0.25, -0.2) is 13.1 Å². The van der Waals surface area contributed by atoms with E-state index in [4.69, 9.17) is 5.11 Å². The highest BCUT2D eigenvalue weighted by Crippen LogP contribution is 2.31. The molecular weight excluding hydrogens is 284 g/mol. The first-order chi connectivity index (χ1) is 9.22. The number of nitrogens with one attached hydrogen (secondary N) is 2. The van der Waals surface area contributed by atoms with E-state index in [2.05, 4.69) is 10.0 Å². The highest BCUT2D eigenvalue weighted by Gasteiger charge is 2.35. The topological polar surface area (TPSA) is 116 Å². The Kier molecular flexibility index (Phi) is 6.38. The molecule has 0 unspecified atom stereocenters. The lowest BCUT2D eigenvalue weighted by Gasteiger charge is -2.34. The van der Waals surface area contributed by atoms with Crippen LogP contribution >= 0.6 is 0 Å². The van der Waals surface area contributed by atoms with Gasteiger partial charge in [-0.1, -0.05) is 0 Å². The van der Waals surface area contributed by atoms with E-state index < -0.39 is 21.6 Å². The average molecular weight is 308 g/mol. The monoisotopic (exact) mass is 308 g/mol. The third-order valence-electron chi connectivity index (χ3n) is 3.61. The van der Waals surface area contributed by atoms with Gasteiger partial charge in [-0.2, -0.15) is 0 Å². The minimum atomic E-state index is -3.14. The first-order valence-corrected chi connectivity index (χ1v) is 8.71.